The topological polar surface area (TPSA) is 46.3 Å². The number of hydrogen-bond acceptors (Lipinski definition) is 2. The van der Waals surface area contributed by atoms with Crippen LogP contribution in [0.5, 0.6) is 0 Å². The Kier molecular flexibility index (Phi) is 7.29. The molecule has 2 N–H and O–H groups in total. The van der Waals surface area contributed by atoms with Crippen molar-refractivity contribution in [3.05, 3.63) is 35.4 Å². The molecule has 2 rings (SSSR count). The lowest BCUT2D eigenvalue weighted by atomic mass is 9.88. The summed E-state index contributed by atoms with van der Waals surface area (Å²) in [5.74, 6) is 0.276. The lowest BCUT2D eigenvalue weighted by molar-refractivity contribution is -0.120. The molecule has 134 valence electrons. The maximum Gasteiger partial charge on any atom is 0.225 e. The van der Waals surface area contributed by atoms with E-state index < -0.39 is 0 Å². The second-order valence-corrected chi connectivity index (χ2v) is 7.69. The van der Waals surface area contributed by atoms with Crippen molar-refractivity contribution in [2.24, 2.45) is 11.7 Å². The van der Waals surface area contributed by atoms with Gasteiger partial charge in [0.1, 0.15) is 0 Å². The number of hydrogen-bond donors (Lipinski definition) is 1. The van der Waals surface area contributed by atoms with Gasteiger partial charge in [0, 0.05) is 6.04 Å². The van der Waals surface area contributed by atoms with E-state index in [9.17, 15) is 4.79 Å². The monoisotopic (exact) mass is 330 g/mol. The fourth-order valence-electron chi connectivity index (χ4n) is 3.90. The molecular weight excluding hydrogens is 296 g/mol. The summed E-state index contributed by atoms with van der Waals surface area (Å²) < 4.78 is 0. The van der Waals surface area contributed by atoms with Crippen molar-refractivity contribution >= 4 is 5.91 Å². The third-order valence-corrected chi connectivity index (χ3v) is 5.26. The van der Waals surface area contributed by atoms with Gasteiger partial charge in [-0.2, -0.15) is 0 Å². The zero-order chi connectivity index (χ0) is 17.5. The molecule has 24 heavy (non-hydrogen) atoms. The number of amides is 1. The molecule has 1 amide bonds. The van der Waals surface area contributed by atoms with Gasteiger partial charge in [-0.25, -0.2) is 0 Å². The van der Waals surface area contributed by atoms with Crippen molar-refractivity contribution in [2.75, 3.05) is 13.1 Å². The highest BCUT2D eigenvalue weighted by atomic mass is 16.1. The number of primary amides is 1. The Morgan fingerprint density at radius 3 is 2.25 bits per heavy atom. The average Bonchev–Trinajstić information content (AvgIpc) is 2.57. The van der Waals surface area contributed by atoms with Crippen LogP contribution < -0.4 is 5.73 Å². The van der Waals surface area contributed by atoms with Crippen LogP contribution in [0.25, 0.3) is 0 Å². The van der Waals surface area contributed by atoms with E-state index in [0.29, 0.717) is 12.0 Å². The van der Waals surface area contributed by atoms with Gasteiger partial charge in [-0.05, 0) is 62.2 Å². The number of nitrogens with two attached hydrogens (primary N) is 1. The van der Waals surface area contributed by atoms with Gasteiger partial charge < -0.3 is 10.6 Å². The normalized spacial score (nSPS) is 18.5. The molecule has 0 aliphatic carbocycles. The summed E-state index contributed by atoms with van der Waals surface area (Å²) in [4.78, 5) is 14.7. The zero-order valence-corrected chi connectivity index (χ0v) is 15.6. The maximum atomic E-state index is 12.1. The molecule has 1 heterocycles. The molecule has 1 aliphatic rings. The van der Waals surface area contributed by atoms with E-state index in [1.165, 1.54) is 24.8 Å². The molecule has 0 saturated carbocycles. The van der Waals surface area contributed by atoms with Crippen LogP contribution in [0.4, 0.5) is 0 Å². The van der Waals surface area contributed by atoms with Gasteiger partial charge in [0.05, 0.1) is 5.92 Å². The molecule has 1 aromatic rings. The quantitative estimate of drug-likeness (QED) is 0.780. The molecule has 1 fully saturated rings. The summed E-state index contributed by atoms with van der Waals surface area (Å²) in [6.07, 6.45) is 6.89. The molecule has 0 spiro atoms. The SMILES string of the molecule is CCC(C[C@@H](C(N)=O)c1ccc(CC(C)C)cc1)N1CCCCC1. The Balaban J connectivity index is 2.08. The summed E-state index contributed by atoms with van der Waals surface area (Å²) in [5, 5.41) is 0. The molecule has 0 bridgehead atoms. The van der Waals surface area contributed by atoms with Crippen molar-refractivity contribution < 1.29 is 4.79 Å². The number of benzene rings is 1. The van der Waals surface area contributed by atoms with Gasteiger partial charge in [0.15, 0.2) is 0 Å². The minimum Gasteiger partial charge on any atom is -0.369 e. The van der Waals surface area contributed by atoms with E-state index in [1.807, 2.05) is 0 Å². The van der Waals surface area contributed by atoms with Crippen molar-refractivity contribution in [1.29, 1.82) is 0 Å². The molecule has 2 atom stereocenters. The molecule has 1 unspecified atom stereocenters. The number of piperidine rings is 1. The van der Waals surface area contributed by atoms with Crippen molar-refractivity contribution in [1.82, 2.24) is 4.90 Å². The minimum absolute atomic E-state index is 0.176. The standard InChI is InChI=1S/C21H34N2O/c1-4-19(23-12-6-5-7-13-23)15-20(21(22)24)18-10-8-17(9-11-18)14-16(2)3/h8-11,16,19-20H,4-7,12-15H2,1-3H3,(H2,22,24)/t19?,20-/m1/s1. The number of carbonyl (C=O) groups is 1. The molecule has 0 radical (unpaired) electrons. The van der Waals surface area contributed by atoms with Gasteiger partial charge >= 0.3 is 0 Å². The van der Waals surface area contributed by atoms with Crippen LogP contribution >= 0.6 is 0 Å². The maximum absolute atomic E-state index is 12.1. The summed E-state index contributed by atoms with van der Waals surface area (Å²) >= 11 is 0. The fourth-order valence-corrected chi connectivity index (χ4v) is 3.90. The Morgan fingerprint density at radius 1 is 1.12 bits per heavy atom. The summed E-state index contributed by atoms with van der Waals surface area (Å²) in [6.45, 7) is 9.01. The molecule has 3 nitrogen and oxygen atoms in total. The third-order valence-electron chi connectivity index (χ3n) is 5.26. The van der Waals surface area contributed by atoms with Gasteiger partial charge in [0.2, 0.25) is 5.91 Å². The Hall–Kier alpha value is -1.35. The van der Waals surface area contributed by atoms with E-state index in [1.54, 1.807) is 0 Å². The van der Waals surface area contributed by atoms with Gasteiger partial charge in [-0.3, -0.25) is 4.79 Å². The first-order chi connectivity index (χ1) is 11.5. The van der Waals surface area contributed by atoms with Crippen molar-refractivity contribution in [3.8, 4) is 0 Å². The van der Waals surface area contributed by atoms with Gasteiger partial charge in [-0.1, -0.05) is 51.5 Å². The first-order valence-electron chi connectivity index (χ1n) is 9.63. The zero-order valence-electron chi connectivity index (χ0n) is 15.6. The lowest BCUT2D eigenvalue weighted by Crippen LogP contribution is -2.41. The first kappa shape index (κ1) is 19.0. The molecule has 1 saturated heterocycles. The largest absolute Gasteiger partial charge is 0.369 e. The van der Waals surface area contributed by atoms with Gasteiger partial charge in [-0.15, -0.1) is 0 Å². The molecule has 1 aromatic carbocycles. The van der Waals surface area contributed by atoms with E-state index in [0.717, 1.165) is 37.9 Å². The Labute approximate surface area is 147 Å². The lowest BCUT2D eigenvalue weighted by Gasteiger charge is -2.35. The first-order valence-corrected chi connectivity index (χ1v) is 9.63. The average molecular weight is 331 g/mol. The summed E-state index contributed by atoms with van der Waals surface area (Å²) in [6, 6.07) is 8.99. The van der Waals surface area contributed by atoms with E-state index in [-0.39, 0.29) is 11.8 Å². The van der Waals surface area contributed by atoms with Gasteiger partial charge in [0.25, 0.3) is 0 Å². The van der Waals surface area contributed by atoms with E-state index in [2.05, 4.69) is 49.9 Å². The minimum atomic E-state index is -0.193. The van der Waals surface area contributed by atoms with Crippen LogP contribution in [0, 0.1) is 5.92 Å². The van der Waals surface area contributed by atoms with Crippen LogP contribution in [0.15, 0.2) is 24.3 Å². The van der Waals surface area contributed by atoms with Crippen LogP contribution in [0.2, 0.25) is 0 Å². The van der Waals surface area contributed by atoms with Crippen LogP contribution in [0.3, 0.4) is 0 Å². The number of likely N-dealkylation sites (tertiary alicyclic amines) is 1. The second kappa shape index (κ2) is 9.22. The van der Waals surface area contributed by atoms with Crippen molar-refractivity contribution in [2.45, 2.75) is 71.3 Å². The fraction of sp³-hybridized carbons (Fsp3) is 0.667. The smallest absolute Gasteiger partial charge is 0.225 e. The second-order valence-electron chi connectivity index (χ2n) is 7.69. The highest BCUT2D eigenvalue weighted by molar-refractivity contribution is 5.82. The van der Waals surface area contributed by atoms with Crippen molar-refractivity contribution in [3.63, 3.8) is 0 Å². The molecule has 0 aromatic heterocycles. The summed E-state index contributed by atoms with van der Waals surface area (Å²) in [5.41, 5.74) is 8.17. The summed E-state index contributed by atoms with van der Waals surface area (Å²) in [7, 11) is 0. The van der Waals surface area contributed by atoms with Crippen LogP contribution in [0.1, 0.15) is 69.9 Å². The predicted molar refractivity (Wildman–Crippen MR) is 101 cm³/mol. The van der Waals surface area contributed by atoms with Crippen LogP contribution in [-0.4, -0.2) is 29.9 Å². The number of nitrogens with zero attached hydrogens (tertiary/aromatic N) is 1. The van der Waals surface area contributed by atoms with E-state index >= 15 is 0 Å². The highest BCUT2D eigenvalue weighted by Gasteiger charge is 2.26. The number of carbonyl (C=O) groups excluding carboxylic acids is 1. The van der Waals surface area contributed by atoms with Crippen LogP contribution in [-0.2, 0) is 11.2 Å². The molecule has 1 aliphatic heterocycles. The Morgan fingerprint density at radius 2 is 1.75 bits per heavy atom. The number of rotatable bonds is 8. The molecular formula is C21H34N2O. The highest BCUT2D eigenvalue weighted by Crippen LogP contribution is 2.27. The molecule has 3 heteroatoms. The predicted octanol–water partition coefficient (Wildman–Crippen LogP) is 4.11. The third kappa shape index (κ3) is 5.34. The Bertz CT molecular complexity index is 503. The van der Waals surface area contributed by atoms with E-state index in [4.69, 9.17) is 5.73 Å².